The highest BCUT2D eigenvalue weighted by Gasteiger charge is 2.43. The zero-order valence-corrected chi connectivity index (χ0v) is 18.5. The number of hydrogen-bond donors (Lipinski definition) is 0. The highest BCUT2D eigenvalue weighted by atomic mass is 79.9. The minimum atomic E-state index is -3.36. The van der Waals surface area contributed by atoms with E-state index in [1.165, 1.54) is 6.07 Å². The van der Waals surface area contributed by atoms with E-state index in [1.807, 2.05) is 0 Å². The van der Waals surface area contributed by atoms with Gasteiger partial charge in [0.2, 0.25) is 0 Å². The van der Waals surface area contributed by atoms with Gasteiger partial charge in [0.15, 0.2) is 23.2 Å². The summed E-state index contributed by atoms with van der Waals surface area (Å²) in [6, 6.07) is 3.17. The zero-order valence-electron chi connectivity index (χ0n) is 15.1. The van der Waals surface area contributed by atoms with E-state index in [0.29, 0.717) is 10.4 Å². The van der Waals surface area contributed by atoms with Gasteiger partial charge in [-0.1, -0.05) is 20.8 Å². The maximum Gasteiger partial charge on any atom is 0.192 e. The van der Waals surface area contributed by atoms with E-state index in [0.717, 1.165) is 19.1 Å². The number of nitrogens with zero attached hydrogens (tertiary/aromatic N) is 1. The fraction of sp³-hybridized carbons (Fsp3) is 0.688. The molecule has 136 valence electrons. The molecule has 0 saturated heterocycles. The van der Waals surface area contributed by atoms with Gasteiger partial charge in [0.1, 0.15) is 16.5 Å². The number of ether oxygens (including phenoxy) is 1. The summed E-state index contributed by atoms with van der Waals surface area (Å²) < 4.78 is 36.0. The normalized spacial score (nSPS) is 22.1. The van der Waals surface area contributed by atoms with Crippen molar-refractivity contribution >= 4 is 34.1 Å². The van der Waals surface area contributed by atoms with Crippen LogP contribution in [0, 0.1) is 0 Å². The molecule has 0 aliphatic heterocycles. The Labute approximate surface area is 154 Å². The molecule has 0 unspecified atom stereocenters. The second kappa shape index (κ2) is 6.70. The summed E-state index contributed by atoms with van der Waals surface area (Å²) in [5.74, 6) is 0.521. The fourth-order valence-corrected chi connectivity index (χ4v) is 4.71. The first kappa shape index (κ1) is 19.9. The van der Waals surface area contributed by atoms with E-state index in [2.05, 4.69) is 54.8 Å². The van der Waals surface area contributed by atoms with Crippen molar-refractivity contribution < 1.29 is 17.6 Å². The van der Waals surface area contributed by atoms with Crippen molar-refractivity contribution in [2.45, 2.75) is 69.0 Å². The lowest BCUT2D eigenvalue weighted by Gasteiger charge is -2.44. The Bertz CT molecular complexity index is 709. The highest BCUT2D eigenvalue weighted by Crippen LogP contribution is 2.40. The third-order valence-corrected chi connectivity index (χ3v) is 10.7. The lowest BCUT2D eigenvalue weighted by Crippen LogP contribution is -2.50. The smallest absolute Gasteiger partial charge is 0.192 e. The number of aromatic nitrogens is 1. The molecule has 24 heavy (non-hydrogen) atoms. The summed E-state index contributed by atoms with van der Waals surface area (Å²) in [6.45, 7) is 11.2. The number of hydrogen-bond acceptors (Lipinski definition) is 5. The second-order valence-corrected chi connectivity index (χ2v) is 15.5. The molecule has 1 fully saturated rings. The molecule has 2 rings (SSSR count). The van der Waals surface area contributed by atoms with Crippen molar-refractivity contribution in [3.63, 3.8) is 0 Å². The van der Waals surface area contributed by atoms with Crippen LogP contribution in [0.3, 0.4) is 0 Å². The van der Waals surface area contributed by atoms with Crippen molar-refractivity contribution in [3.8, 4) is 5.75 Å². The van der Waals surface area contributed by atoms with Gasteiger partial charge in [0.05, 0.1) is 6.10 Å². The predicted molar refractivity (Wildman–Crippen MR) is 101 cm³/mol. The third kappa shape index (κ3) is 4.80. The lowest BCUT2D eigenvalue weighted by atomic mass is 9.92. The molecule has 1 aromatic heterocycles. The van der Waals surface area contributed by atoms with Gasteiger partial charge in [-0.3, -0.25) is 0 Å². The van der Waals surface area contributed by atoms with E-state index in [-0.39, 0.29) is 22.3 Å². The van der Waals surface area contributed by atoms with Crippen LogP contribution in [0.25, 0.3) is 0 Å². The average Bonchev–Trinajstić information content (AvgIpc) is 2.32. The van der Waals surface area contributed by atoms with Gasteiger partial charge >= 0.3 is 0 Å². The quantitative estimate of drug-likeness (QED) is 0.512. The van der Waals surface area contributed by atoms with Gasteiger partial charge in [-0.25, -0.2) is 13.4 Å². The van der Waals surface area contributed by atoms with Gasteiger partial charge in [0.25, 0.3) is 0 Å². The first-order chi connectivity index (χ1) is 10.8. The maximum atomic E-state index is 11.7. The van der Waals surface area contributed by atoms with Crippen LogP contribution in [-0.2, 0) is 14.3 Å². The number of rotatable bonds is 5. The monoisotopic (exact) mass is 435 g/mol. The van der Waals surface area contributed by atoms with E-state index in [1.54, 1.807) is 6.07 Å². The summed E-state index contributed by atoms with van der Waals surface area (Å²) in [5, 5.41) is 0.208. The standard InChI is InChI=1S/C16H26BrNO4SSi/c1-16(2,3)24(5,6)22-13-7-11(8-13)21-12-9-14(17)18-15(10-12)23(4,19)20/h9-11,13H,7-8H2,1-6H3/t11-,13-. The lowest BCUT2D eigenvalue weighted by molar-refractivity contribution is -0.00332. The largest absolute Gasteiger partial charge is 0.490 e. The molecule has 0 N–H and O–H groups in total. The van der Waals surface area contributed by atoms with E-state index in [4.69, 9.17) is 9.16 Å². The summed E-state index contributed by atoms with van der Waals surface area (Å²) in [6.07, 6.45) is 3.09. The van der Waals surface area contributed by atoms with Crippen LogP contribution in [0.15, 0.2) is 21.8 Å². The van der Waals surface area contributed by atoms with Crippen molar-refractivity contribution in [1.82, 2.24) is 4.98 Å². The zero-order chi connectivity index (χ0) is 18.3. The van der Waals surface area contributed by atoms with Crippen LogP contribution in [0.4, 0.5) is 0 Å². The molecule has 1 aliphatic carbocycles. The van der Waals surface area contributed by atoms with Crippen LogP contribution >= 0.6 is 15.9 Å². The fourth-order valence-electron chi connectivity index (χ4n) is 2.20. The van der Waals surface area contributed by atoms with Crippen molar-refractivity contribution in [3.05, 3.63) is 16.7 Å². The third-order valence-electron chi connectivity index (χ3n) is 4.75. The molecule has 0 aromatic carbocycles. The SMILES string of the molecule is CC(C)(C)[Si](C)(C)O[C@H]1C[C@H](Oc2cc(Br)nc(S(C)(=O)=O)c2)C1. The van der Waals surface area contributed by atoms with Gasteiger partial charge in [-0.2, -0.15) is 0 Å². The molecule has 8 heteroatoms. The Morgan fingerprint density at radius 3 is 2.29 bits per heavy atom. The van der Waals surface area contributed by atoms with Crippen LogP contribution in [0.5, 0.6) is 5.75 Å². The van der Waals surface area contributed by atoms with Crippen LogP contribution in [0.1, 0.15) is 33.6 Å². The van der Waals surface area contributed by atoms with Gasteiger partial charge < -0.3 is 9.16 Å². The highest BCUT2D eigenvalue weighted by molar-refractivity contribution is 9.10. The first-order valence-electron chi connectivity index (χ1n) is 8.00. The molecule has 0 bridgehead atoms. The van der Waals surface area contributed by atoms with Crippen molar-refractivity contribution in [2.75, 3.05) is 6.26 Å². The Kier molecular flexibility index (Phi) is 5.55. The Balaban J connectivity index is 1.96. The Morgan fingerprint density at radius 1 is 1.21 bits per heavy atom. The molecule has 1 aromatic rings. The molecule has 0 amide bonds. The predicted octanol–water partition coefficient (Wildman–Crippen LogP) is 4.18. The number of pyridine rings is 1. The van der Waals surface area contributed by atoms with E-state index >= 15 is 0 Å². The molecular weight excluding hydrogens is 410 g/mol. The molecule has 1 saturated carbocycles. The molecule has 0 radical (unpaired) electrons. The summed E-state index contributed by atoms with van der Waals surface area (Å²) in [5.41, 5.74) is 0. The molecular formula is C16H26BrNO4SSi. The molecule has 5 nitrogen and oxygen atoms in total. The Hall–Kier alpha value is -0.443. The van der Waals surface area contributed by atoms with Crippen molar-refractivity contribution in [1.29, 1.82) is 0 Å². The molecule has 0 spiro atoms. The topological polar surface area (TPSA) is 65.5 Å². The van der Waals surface area contributed by atoms with Crippen LogP contribution in [0.2, 0.25) is 18.1 Å². The minimum Gasteiger partial charge on any atom is -0.490 e. The van der Waals surface area contributed by atoms with E-state index < -0.39 is 18.2 Å². The van der Waals surface area contributed by atoms with Gasteiger partial charge in [-0.15, -0.1) is 0 Å². The second-order valence-electron chi connectivity index (χ2n) is 7.95. The first-order valence-corrected chi connectivity index (χ1v) is 13.6. The van der Waals surface area contributed by atoms with Crippen molar-refractivity contribution in [2.24, 2.45) is 0 Å². The summed E-state index contributed by atoms with van der Waals surface area (Å²) in [7, 11) is -5.12. The molecule has 1 aliphatic rings. The minimum absolute atomic E-state index is 0.0141. The van der Waals surface area contributed by atoms with Gasteiger partial charge in [-0.05, 0) is 34.1 Å². The number of halogens is 1. The summed E-state index contributed by atoms with van der Waals surface area (Å²) >= 11 is 3.23. The summed E-state index contributed by atoms with van der Waals surface area (Å²) in [4.78, 5) is 3.98. The Morgan fingerprint density at radius 2 is 1.79 bits per heavy atom. The van der Waals surface area contributed by atoms with Gasteiger partial charge in [0, 0.05) is 31.2 Å². The average molecular weight is 436 g/mol. The van der Waals surface area contributed by atoms with Crippen LogP contribution < -0.4 is 4.74 Å². The molecule has 0 atom stereocenters. The van der Waals surface area contributed by atoms with E-state index in [9.17, 15) is 8.42 Å². The molecule has 1 heterocycles. The number of sulfone groups is 1. The van der Waals surface area contributed by atoms with Crippen LogP contribution in [-0.4, -0.2) is 40.2 Å². The maximum absolute atomic E-state index is 11.7.